The number of aliphatic hydroxyl groups is 1. The van der Waals surface area contributed by atoms with Gasteiger partial charge in [0.05, 0.1) is 19.1 Å². The molecule has 0 saturated heterocycles. The van der Waals surface area contributed by atoms with Crippen LogP contribution in [0.2, 0.25) is 0 Å². The molecule has 47 heavy (non-hydrogen) atoms. The third-order valence-electron chi connectivity index (χ3n) is 8.25. The van der Waals surface area contributed by atoms with E-state index in [1.165, 1.54) is 6.92 Å². The Morgan fingerprint density at radius 3 is 2.45 bits per heavy atom. The van der Waals surface area contributed by atoms with Crippen molar-refractivity contribution < 1.29 is 32.3 Å². The van der Waals surface area contributed by atoms with Gasteiger partial charge in [-0.05, 0) is 75.8 Å². The van der Waals surface area contributed by atoms with Gasteiger partial charge < -0.3 is 24.0 Å². The molecule has 1 aromatic heterocycles. The van der Waals surface area contributed by atoms with Crippen molar-refractivity contribution in [2.24, 2.45) is 5.92 Å². The highest BCUT2D eigenvalue weighted by molar-refractivity contribution is 7.92. The van der Waals surface area contributed by atoms with Crippen LogP contribution in [0, 0.1) is 19.8 Å². The maximum absolute atomic E-state index is 13.6. The van der Waals surface area contributed by atoms with Crippen LogP contribution in [0.5, 0.6) is 17.2 Å². The number of aromatic nitrogens is 1. The monoisotopic (exact) mass is 662 g/mol. The number of rotatable bonds is 11. The van der Waals surface area contributed by atoms with E-state index in [1.54, 1.807) is 30.0 Å². The Morgan fingerprint density at radius 1 is 1.09 bits per heavy atom. The van der Waals surface area contributed by atoms with E-state index in [-0.39, 0.29) is 53.0 Å². The molecule has 4 aromatic rings. The van der Waals surface area contributed by atoms with E-state index in [1.807, 2.05) is 75.5 Å². The van der Waals surface area contributed by atoms with Crippen molar-refractivity contribution in [1.29, 1.82) is 0 Å². The number of aliphatic hydroxyl groups excluding tert-OH is 1. The van der Waals surface area contributed by atoms with Gasteiger partial charge in [-0.25, -0.2) is 8.42 Å². The predicted molar refractivity (Wildman–Crippen MR) is 178 cm³/mol. The number of hydrogen-bond donors (Lipinski definition) is 2. The van der Waals surface area contributed by atoms with Crippen molar-refractivity contribution in [2.45, 2.75) is 57.7 Å². The van der Waals surface area contributed by atoms with Crippen molar-refractivity contribution in [3.8, 4) is 17.2 Å². The molecule has 11 nitrogen and oxygen atoms in total. The molecule has 1 amide bonds. The fourth-order valence-electron chi connectivity index (χ4n) is 5.75. The first-order chi connectivity index (χ1) is 22.4. The molecule has 2 heterocycles. The summed E-state index contributed by atoms with van der Waals surface area (Å²) < 4.78 is 46.6. The molecule has 0 fully saturated rings. The number of hydrogen-bond acceptors (Lipinski definition) is 9. The summed E-state index contributed by atoms with van der Waals surface area (Å²) >= 11 is 0. The van der Waals surface area contributed by atoms with Crippen molar-refractivity contribution in [1.82, 2.24) is 15.0 Å². The standard InChI is InChI=1S/C35H42N4O7S/c1-23-19-39(24(2)22-40)34(41)18-28-17-29(37-47(42,43)35-25(3)36-46-26(35)4)13-16-32(28)45-33(23)21-38(5)20-27-11-14-31(15-12-27)44-30-9-7-6-8-10-30/h6-17,23-24,33,37,40H,18-22H2,1-5H3/t23-,24+,33+/m1/s1. The van der Waals surface area contributed by atoms with Gasteiger partial charge in [-0.2, -0.15) is 0 Å². The average molecular weight is 663 g/mol. The number of fused-ring (bicyclic) bond motifs is 1. The molecule has 0 radical (unpaired) electrons. The Morgan fingerprint density at radius 2 is 1.79 bits per heavy atom. The van der Waals surface area contributed by atoms with Gasteiger partial charge in [-0.3, -0.25) is 14.4 Å². The van der Waals surface area contributed by atoms with Gasteiger partial charge in [0, 0.05) is 36.8 Å². The van der Waals surface area contributed by atoms with Crippen LogP contribution in [0.4, 0.5) is 5.69 Å². The topological polar surface area (TPSA) is 134 Å². The van der Waals surface area contributed by atoms with Gasteiger partial charge in [0.1, 0.15) is 29.0 Å². The summed E-state index contributed by atoms with van der Waals surface area (Å²) in [6, 6.07) is 22.1. The molecule has 0 saturated carbocycles. The van der Waals surface area contributed by atoms with Gasteiger partial charge in [0.2, 0.25) is 5.91 Å². The molecule has 1 aliphatic heterocycles. The maximum Gasteiger partial charge on any atom is 0.267 e. The smallest absolute Gasteiger partial charge is 0.267 e. The molecular weight excluding hydrogens is 620 g/mol. The molecule has 250 valence electrons. The fourth-order valence-corrected chi connectivity index (χ4v) is 7.13. The third-order valence-corrected chi connectivity index (χ3v) is 9.88. The zero-order valence-electron chi connectivity index (χ0n) is 27.3. The molecule has 0 unspecified atom stereocenters. The Bertz CT molecular complexity index is 1760. The van der Waals surface area contributed by atoms with Crippen molar-refractivity contribution in [3.63, 3.8) is 0 Å². The number of aryl methyl sites for hydroxylation is 2. The number of nitrogens with one attached hydrogen (secondary N) is 1. The minimum Gasteiger partial charge on any atom is -0.488 e. The maximum atomic E-state index is 13.6. The Balaban J connectivity index is 1.35. The van der Waals surface area contributed by atoms with Gasteiger partial charge in [0.15, 0.2) is 10.7 Å². The zero-order chi connectivity index (χ0) is 33.7. The molecule has 1 aliphatic rings. The van der Waals surface area contributed by atoms with Crippen LogP contribution in [0.15, 0.2) is 82.2 Å². The van der Waals surface area contributed by atoms with E-state index in [9.17, 15) is 18.3 Å². The second kappa shape index (κ2) is 14.6. The normalized spacial score (nSPS) is 17.7. The quantitative estimate of drug-likeness (QED) is 0.223. The van der Waals surface area contributed by atoms with Crippen molar-refractivity contribution in [2.75, 3.05) is 31.5 Å². The third kappa shape index (κ3) is 8.31. The molecular formula is C35H42N4O7S. The molecule has 12 heteroatoms. The lowest BCUT2D eigenvalue weighted by molar-refractivity contribution is -0.134. The first kappa shape index (κ1) is 34.0. The van der Waals surface area contributed by atoms with Crippen LogP contribution in [0.3, 0.4) is 0 Å². The van der Waals surface area contributed by atoms with E-state index in [4.69, 9.17) is 14.0 Å². The Kier molecular flexibility index (Phi) is 10.5. The molecule has 0 bridgehead atoms. The molecule has 5 rings (SSSR count). The number of benzene rings is 3. The number of carbonyl (C=O) groups excluding carboxylic acids is 1. The molecule has 3 aromatic carbocycles. The van der Waals surface area contributed by atoms with Crippen LogP contribution in [0.1, 0.15) is 36.4 Å². The van der Waals surface area contributed by atoms with Crippen LogP contribution >= 0.6 is 0 Å². The highest BCUT2D eigenvalue weighted by atomic mass is 32.2. The van der Waals surface area contributed by atoms with E-state index >= 15 is 0 Å². The van der Waals surface area contributed by atoms with Gasteiger partial charge in [0.25, 0.3) is 10.0 Å². The predicted octanol–water partition coefficient (Wildman–Crippen LogP) is 5.17. The van der Waals surface area contributed by atoms with Crippen molar-refractivity contribution in [3.05, 3.63) is 95.4 Å². The summed E-state index contributed by atoms with van der Waals surface area (Å²) in [4.78, 5) is 17.4. The average Bonchev–Trinajstić information content (AvgIpc) is 3.40. The Labute approximate surface area is 276 Å². The number of anilines is 1. The van der Waals surface area contributed by atoms with E-state index in [0.717, 1.165) is 17.1 Å². The molecule has 3 atom stereocenters. The highest BCUT2D eigenvalue weighted by Crippen LogP contribution is 2.31. The van der Waals surface area contributed by atoms with Gasteiger partial charge in [-0.15, -0.1) is 0 Å². The van der Waals surface area contributed by atoms with Crippen LogP contribution in [0.25, 0.3) is 0 Å². The lowest BCUT2D eigenvalue weighted by atomic mass is 10.0. The van der Waals surface area contributed by atoms with E-state index in [0.29, 0.717) is 30.9 Å². The summed E-state index contributed by atoms with van der Waals surface area (Å²) in [5, 5.41) is 13.7. The molecule has 2 N–H and O–H groups in total. The minimum atomic E-state index is -4.00. The summed E-state index contributed by atoms with van der Waals surface area (Å²) in [7, 11) is -1.98. The number of amides is 1. The summed E-state index contributed by atoms with van der Waals surface area (Å²) in [5.74, 6) is 1.95. The summed E-state index contributed by atoms with van der Waals surface area (Å²) in [5.41, 5.74) is 2.18. The first-order valence-corrected chi connectivity index (χ1v) is 17.1. The summed E-state index contributed by atoms with van der Waals surface area (Å²) in [6.45, 7) is 8.37. The number of para-hydroxylation sites is 1. The van der Waals surface area contributed by atoms with Crippen molar-refractivity contribution >= 4 is 21.6 Å². The number of likely N-dealkylation sites (N-methyl/N-ethyl adjacent to an activating group) is 1. The van der Waals surface area contributed by atoms with E-state index in [2.05, 4.69) is 14.8 Å². The number of carbonyl (C=O) groups is 1. The lowest BCUT2D eigenvalue weighted by Gasteiger charge is -2.34. The minimum absolute atomic E-state index is 0.0206. The van der Waals surface area contributed by atoms with E-state index < -0.39 is 16.1 Å². The Hall–Kier alpha value is -4.39. The van der Waals surface area contributed by atoms with Gasteiger partial charge in [-0.1, -0.05) is 42.4 Å². The van der Waals surface area contributed by atoms with Crippen LogP contribution in [-0.2, 0) is 27.8 Å². The zero-order valence-corrected chi connectivity index (χ0v) is 28.2. The molecule has 0 spiro atoms. The van der Waals surface area contributed by atoms with Crippen LogP contribution < -0.4 is 14.2 Å². The largest absolute Gasteiger partial charge is 0.488 e. The van der Waals surface area contributed by atoms with Crippen LogP contribution in [-0.4, -0.2) is 73.3 Å². The second-order valence-corrected chi connectivity index (χ2v) is 13.8. The van der Waals surface area contributed by atoms with Gasteiger partial charge >= 0.3 is 0 Å². The lowest BCUT2D eigenvalue weighted by Crippen LogP contribution is -2.47. The SMILES string of the molecule is Cc1noc(C)c1S(=O)(=O)Nc1ccc2c(c1)CC(=O)N([C@@H](C)CO)C[C@@H](C)[C@H](CN(C)Cc1ccc(Oc3ccccc3)cc1)O2. The highest BCUT2D eigenvalue weighted by Gasteiger charge is 2.32. The number of nitrogens with zero attached hydrogens (tertiary/aromatic N) is 3. The fraction of sp³-hybridized carbons (Fsp3) is 0.371. The molecule has 0 aliphatic carbocycles. The number of ether oxygens (including phenoxy) is 2. The number of sulfonamides is 1. The summed E-state index contributed by atoms with van der Waals surface area (Å²) in [6.07, 6.45) is -0.337. The first-order valence-electron chi connectivity index (χ1n) is 15.6. The second-order valence-electron chi connectivity index (χ2n) is 12.2.